The summed E-state index contributed by atoms with van der Waals surface area (Å²) in [5.41, 5.74) is 17.6. The van der Waals surface area contributed by atoms with E-state index in [1.807, 2.05) is 6.07 Å². The highest BCUT2D eigenvalue weighted by atomic mass is 16.3. The smallest absolute Gasteiger partial charge is 0.136 e. The predicted molar refractivity (Wildman–Crippen MR) is 282 cm³/mol. The molecule has 0 amide bonds. The van der Waals surface area contributed by atoms with E-state index >= 15 is 0 Å². The molecule has 11 aromatic carbocycles. The van der Waals surface area contributed by atoms with Gasteiger partial charge in [-0.3, -0.25) is 0 Å². The Bertz CT molecular complexity index is 3990. The van der Waals surface area contributed by atoms with Crippen molar-refractivity contribution in [1.29, 1.82) is 0 Å². The van der Waals surface area contributed by atoms with E-state index in [1.165, 1.54) is 49.3 Å². The first-order valence-electron chi connectivity index (χ1n) is 22.9. The lowest BCUT2D eigenvalue weighted by Crippen LogP contribution is -2.14. The number of para-hydroxylation sites is 7. The zero-order chi connectivity index (χ0) is 44.3. The molecule has 67 heavy (non-hydrogen) atoms. The topological polar surface area (TPSA) is 21.3 Å². The molecule has 314 valence electrons. The highest BCUT2D eigenvalue weighted by molar-refractivity contribution is 6.17. The third-order valence-corrected chi connectivity index (χ3v) is 13.4. The maximum atomic E-state index is 6.52. The van der Waals surface area contributed by atoms with Crippen LogP contribution in [0.15, 0.2) is 259 Å². The summed E-state index contributed by atoms with van der Waals surface area (Å²) < 4.78 is 8.96. The van der Waals surface area contributed by atoms with E-state index in [0.29, 0.717) is 0 Å². The van der Waals surface area contributed by atoms with Crippen molar-refractivity contribution in [3.63, 3.8) is 0 Å². The van der Waals surface area contributed by atoms with Gasteiger partial charge in [0.15, 0.2) is 0 Å². The monoisotopic (exact) mass is 854 g/mol. The Balaban J connectivity index is 1.14. The third kappa shape index (κ3) is 6.28. The molecule has 0 unspecified atom stereocenters. The standard InChI is InChI=1S/C64H42N2O/c1-3-21-43(22-4-1)46-32-17-23-44-24-18-33-51(62(44)46)47-27-7-13-38-57(47)66(58-39-14-8-28-48(58)52-34-20-42-61-63(52)55-31-11-16-41-60(55)67-61)59-40-15-10-30-50(59)54-36-19-35-53-49-29-9-12-37-56(49)65(64(53)54)45-25-5-2-6-26-45/h1-42H. The molecule has 0 spiro atoms. The molecule has 0 saturated heterocycles. The zero-order valence-corrected chi connectivity index (χ0v) is 36.6. The lowest BCUT2D eigenvalue weighted by Gasteiger charge is -2.32. The maximum absolute atomic E-state index is 6.52. The van der Waals surface area contributed by atoms with E-state index in [1.54, 1.807) is 0 Å². The molecule has 0 saturated carbocycles. The molecule has 2 heterocycles. The van der Waals surface area contributed by atoms with Crippen LogP contribution in [0.1, 0.15) is 0 Å². The minimum absolute atomic E-state index is 0.866. The number of aromatic nitrogens is 1. The van der Waals surface area contributed by atoms with Gasteiger partial charge in [0.1, 0.15) is 11.2 Å². The van der Waals surface area contributed by atoms with Crippen molar-refractivity contribution < 1.29 is 4.42 Å². The molecule has 0 N–H and O–H groups in total. The van der Waals surface area contributed by atoms with Crippen LogP contribution in [-0.2, 0) is 0 Å². The average Bonchev–Trinajstić information content (AvgIpc) is 3.96. The Morgan fingerprint density at radius 2 is 0.761 bits per heavy atom. The molecule has 0 atom stereocenters. The van der Waals surface area contributed by atoms with Gasteiger partial charge in [-0.05, 0) is 81.6 Å². The fourth-order valence-corrected chi connectivity index (χ4v) is 10.6. The Morgan fingerprint density at radius 1 is 0.299 bits per heavy atom. The highest BCUT2D eigenvalue weighted by Crippen LogP contribution is 2.51. The van der Waals surface area contributed by atoms with Crippen LogP contribution < -0.4 is 4.90 Å². The Morgan fingerprint density at radius 3 is 1.46 bits per heavy atom. The van der Waals surface area contributed by atoms with Gasteiger partial charge in [-0.2, -0.15) is 0 Å². The largest absolute Gasteiger partial charge is 0.456 e. The van der Waals surface area contributed by atoms with Gasteiger partial charge in [-0.15, -0.1) is 0 Å². The lowest BCUT2D eigenvalue weighted by atomic mass is 9.90. The van der Waals surface area contributed by atoms with Crippen molar-refractivity contribution in [2.75, 3.05) is 4.90 Å². The first kappa shape index (κ1) is 38.5. The van der Waals surface area contributed by atoms with Gasteiger partial charge in [0.25, 0.3) is 0 Å². The van der Waals surface area contributed by atoms with Crippen LogP contribution in [0.5, 0.6) is 0 Å². The van der Waals surface area contributed by atoms with E-state index in [9.17, 15) is 0 Å². The third-order valence-electron chi connectivity index (χ3n) is 13.4. The number of hydrogen-bond donors (Lipinski definition) is 0. The van der Waals surface area contributed by atoms with E-state index in [0.717, 1.165) is 72.5 Å². The molecular weight excluding hydrogens is 813 g/mol. The Hall–Kier alpha value is -8.92. The number of rotatable bonds is 8. The lowest BCUT2D eigenvalue weighted by molar-refractivity contribution is 0.669. The fourth-order valence-electron chi connectivity index (χ4n) is 10.6. The van der Waals surface area contributed by atoms with Gasteiger partial charge in [0.2, 0.25) is 0 Å². The van der Waals surface area contributed by atoms with Crippen LogP contribution in [-0.4, -0.2) is 4.57 Å². The number of fused-ring (bicyclic) bond motifs is 7. The second-order valence-corrected chi connectivity index (χ2v) is 17.1. The second-order valence-electron chi connectivity index (χ2n) is 17.1. The van der Waals surface area contributed by atoms with E-state index in [4.69, 9.17) is 4.42 Å². The van der Waals surface area contributed by atoms with Gasteiger partial charge in [-0.1, -0.05) is 206 Å². The summed E-state index contributed by atoms with van der Waals surface area (Å²) >= 11 is 0. The molecule has 0 aliphatic carbocycles. The minimum atomic E-state index is 0.866. The summed E-state index contributed by atoms with van der Waals surface area (Å²) in [4.78, 5) is 2.51. The molecule has 2 aromatic heterocycles. The average molecular weight is 855 g/mol. The van der Waals surface area contributed by atoms with Crippen LogP contribution in [0.3, 0.4) is 0 Å². The molecular formula is C64H42N2O. The Labute approximate surface area is 388 Å². The highest BCUT2D eigenvalue weighted by Gasteiger charge is 2.27. The summed E-state index contributed by atoms with van der Waals surface area (Å²) in [6, 6.07) is 92.1. The fraction of sp³-hybridized carbons (Fsp3) is 0. The minimum Gasteiger partial charge on any atom is -0.456 e. The molecule has 0 aliphatic rings. The van der Waals surface area contributed by atoms with E-state index < -0.39 is 0 Å². The van der Waals surface area contributed by atoms with Crippen molar-refractivity contribution >= 4 is 71.6 Å². The van der Waals surface area contributed by atoms with Crippen LogP contribution in [0.2, 0.25) is 0 Å². The SMILES string of the molecule is c1ccc(-c2cccc3cccc(-c4ccccc4N(c4ccccc4-c4cccc5oc6ccccc6c45)c4ccccc4-c4cccc5c6ccccc6n(-c6ccccc6)c45)c23)cc1. The van der Waals surface area contributed by atoms with Gasteiger partial charge in [0, 0.05) is 49.5 Å². The summed E-state index contributed by atoms with van der Waals surface area (Å²) in [6.07, 6.45) is 0. The van der Waals surface area contributed by atoms with Crippen molar-refractivity contribution in [3.8, 4) is 50.2 Å². The van der Waals surface area contributed by atoms with Gasteiger partial charge in [0.05, 0.1) is 28.1 Å². The zero-order valence-electron chi connectivity index (χ0n) is 36.6. The molecule has 0 radical (unpaired) electrons. The molecule has 0 bridgehead atoms. The van der Waals surface area contributed by atoms with Gasteiger partial charge < -0.3 is 13.9 Å². The maximum Gasteiger partial charge on any atom is 0.136 e. The summed E-state index contributed by atoms with van der Waals surface area (Å²) in [5, 5.41) is 7.04. The number of anilines is 3. The summed E-state index contributed by atoms with van der Waals surface area (Å²) in [7, 11) is 0. The molecule has 13 rings (SSSR count). The summed E-state index contributed by atoms with van der Waals surface area (Å²) in [6.45, 7) is 0. The first-order chi connectivity index (χ1) is 33.3. The molecule has 3 nitrogen and oxygen atoms in total. The number of hydrogen-bond acceptors (Lipinski definition) is 2. The first-order valence-corrected chi connectivity index (χ1v) is 22.9. The van der Waals surface area contributed by atoms with Crippen molar-refractivity contribution in [2.24, 2.45) is 0 Å². The quantitative estimate of drug-likeness (QED) is 0.152. The normalized spacial score (nSPS) is 11.6. The molecule has 0 fully saturated rings. The van der Waals surface area contributed by atoms with Crippen LogP contribution in [0, 0.1) is 0 Å². The predicted octanol–water partition coefficient (Wildman–Crippen LogP) is 18.0. The molecule has 13 aromatic rings. The Kier molecular flexibility index (Phi) is 9.17. The number of benzene rings is 11. The van der Waals surface area contributed by atoms with Gasteiger partial charge in [-0.25, -0.2) is 0 Å². The van der Waals surface area contributed by atoms with Crippen molar-refractivity contribution in [1.82, 2.24) is 4.57 Å². The second kappa shape index (κ2) is 16.0. The van der Waals surface area contributed by atoms with E-state index in [2.05, 4.69) is 258 Å². The summed E-state index contributed by atoms with van der Waals surface area (Å²) in [5.74, 6) is 0. The molecule has 3 heteroatoms. The molecule has 0 aliphatic heterocycles. The van der Waals surface area contributed by atoms with Crippen molar-refractivity contribution in [2.45, 2.75) is 0 Å². The van der Waals surface area contributed by atoms with Gasteiger partial charge >= 0.3 is 0 Å². The van der Waals surface area contributed by atoms with Crippen LogP contribution >= 0.6 is 0 Å². The van der Waals surface area contributed by atoms with E-state index in [-0.39, 0.29) is 0 Å². The van der Waals surface area contributed by atoms with Crippen LogP contribution in [0.25, 0.3) is 105 Å². The van der Waals surface area contributed by atoms with Crippen LogP contribution in [0.4, 0.5) is 17.1 Å². The number of nitrogens with zero attached hydrogens (tertiary/aromatic N) is 2. The van der Waals surface area contributed by atoms with Crippen molar-refractivity contribution in [3.05, 3.63) is 255 Å². The number of furan rings is 1.